The third-order valence-corrected chi connectivity index (χ3v) is 4.27. The van der Waals surface area contributed by atoms with Gasteiger partial charge in [-0.05, 0) is 32.8 Å². The minimum Gasteiger partial charge on any atom is -0.295 e. The number of carbonyl (C=O) groups is 3. The van der Waals surface area contributed by atoms with Gasteiger partial charge in [-0.1, -0.05) is 6.08 Å². The normalized spacial score (nSPS) is 32.0. The topological polar surface area (TPSA) is 78.8 Å². The molecule has 1 saturated heterocycles. The molecule has 2 unspecified atom stereocenters. The fourth-order valence-electron chi connectivity index (χ4n) is 3.24. The Hall–Kier alpha value is -2.31. The number of halogens is 1. The minimum absolute atomic E-state index is 0.0229. The van der Waals surface area contributed by atoms with E-state index in [1.54, 1.807) is 19.9 Å². The van der Waals surface area contributed by atoms with E-state index in [-0.39, 0.29) is 24.3 Å². The molecule has 1 fully saturated rings. The van der Waals surface area contributed by atoms with E-state index in [9.17, 15) is 18.8 Å². The number of nitrogens with zero attached hydrogens (tertiary/aromatic N) is 2. The highest BCUT2D eigenvalue weighted by Crippen LogP contribution is 2.38. The fraction of sp³-hybridized carbons (Fsp3) is 0.467. The van der Waals surface area contributed by atoms with Crippen molar-refractivity contribution in [3.63, 3.8) is 0 Å². The van der Waals surface area contributed by atoms with E-state index in [0.29, 0.717) is 12.3 Å². The predicted octanol–water partition coefficient (Wildman–Crippen LogP) is 0.994. The number of imide groups is 1. The Bertz CT molecular complexity index is 680. The molecule has 0 aromatic rings. The number of hydrogen-bond donors (Lipinski definition) is 1. The third kappa shape index (κ3) is 2.08. The van der Waals surface area contributed by atoms with Crippen LogP contribution in [0.15, 0.2) is 28.5 Å². The molecule has 0 spiro atoms. The Morgan fingerprint density at radius 3 is 2.82 bits per heavy atom. The molecule has 0 aromatic carbocycles. The predicted molar refractivity (Wildman–Crippen MR) is 76.4 cm³/mol. The van der Waals surface area contributed by atoms with Crippen LogP contribution in [0.2, 0.25) is 0 Å². The van der Waals surface area contributed by atoms with E-state index in [2.05, 4.69) is 10.3 Å². The van der Waals surface area contributed by atoms with Crippen molar-refractivity contribution in [1.82, 2.24) is 10.2 Å². The van der Waals surface area contributed by atoms with Crippen molar-refractivity contribution < 1.29 is 18.8 Å². The van der Waals surface area contributed by atoms with Gasteiger partial charge in [0, 0.05) is 6.42 Å². The average molecular weight is 305 g/mol. The first kappa shape index (κ1) is 14.6. The van der Waals surface area contributed by atoms with E-state index in [4.69, 9.17) is 0 Å². The Morgan fingerprint density at radius 2 is 2.14 bits per heavy atom. The molecule has 2 heterocycles. The van der Waals surface area contributed by atoms with Crippen LogP contribution in [0.3, 0.4) is 0 Å². The maximum Gasteiger partial charge on any atom is 0.261 e. The molecule has 22 heavy (non-hydrogen) atoms. The summed E-state index contributed by atoms with van der Waals surface area (Å²) in [6, 6.07) is -0.829. The van der Waals surface area contributed by atoms with Crippen molar-refractivity contribution in [2.75, 3.05) is 0 Å². The Morgan fingerprint density at radius 1 is 1.41 bits per heavy atom. The molecule has 116 valence electrons. The number of amidine groups is 1. The van der Waals surface area contributed by atoms with E-state index >= 15 is 0 Å². The Labute approximate surface area is 126 Å². The zero-order valence-electron chi connectivity index (χ0n) is 12.4. The van der Waals surface area contributed by atoms with E-state index in [1.165, 1.54) is 11.0 Å². The lowest BCUT2D eigenvalue weighted by molar-refractivity contribution is -0.141. The van der Waals surface area contributed by atoms with Crippen LogP contribution in [0.25, 0.3) is 0 Å². The number of allylic oxidation sites excluding steroid dienone is 2. The molecule has 2 aliphatic heterocycles. The van der Waals surface area contributed by atoms with Crippen LogP contribution in [0.1, 0.15) is 33.1 Å². The van der Waals surface area contributed by atoms with Crippen molar-refractivity contribution in [3.05, 3.63) is 23.6 Å². The van der Waals surface area contributed by atoms with Crippen molar-refractivity contribution >= 4 is 23.6 Å². The van der Waals surface area contributed by atoms with Gasteiger partial charge in [0.2, 0.25) is 11.8 Å². The molecule has 0 radical (unpaired) electrons. The van der Waals surface area contributed by atoms with Gasteiger partial charge in [-0.3, -0.25) is 29.6 Å². The van der Waals surface area contributed by atoms with Gasteiger partial charge in [-0.15, -0.1) is 0 Å². The largest absolute Gasteiger partial charge is 0.295 e. The van der Waals surface area contributed by atoms with E-state index in [1.807, 2.05) is 0 Å². The number of rotatable bonds is 1. The SMILES string of the molecule is CC1=NC2(C)CC=CC(F)=C2C(=O)N1C1CCC(=O)NC1=O. The van der Waals surface area contributed by atoms with Crippen molar-refractivity contribution in [2.45, 2.75) is 44.7 Å². The van der Waals surface area contributed by atoms with Crippen LogP contribution in [-0.2, 0) is 14.4 Å². The molecule has 1 aliphatic carbocycles. The molecule has 3 aliphatic rings. The highest BCUT2D eigenvalue weighted by molar-refractivity contribution is 6.13. The zero-order chi connectivity index (χ0) is 16.1. The van der Waals surface area contributed by atoms with Crippen molar-refractivity contribution in [1.29, 1.82) is 0 Å². The smallest absolute Gasteiger partial charge is 0.261 e. The maximum atomic E-state index is 14.2. The van der Waals surface area contributed by atoms with Crippen molar-refractivity contribution in [3.8, 4) is 0 Å². The zero-order valence-corrected chi connectivity index (χ0v) is 12.4. The molecule has 0 saturated carbocycles. The van der Waals surface area contributed by atoms with Gasteiger partial charge in [-0.2, -0.15) is 0 Å². The van der Waals surface area contributed by atoms with Gasteiger partial charge in [0.05, 0.1) is 11.1 Å². The lowest BCUT2D eigenvalue weighted by Gasteiger charge is -2.42. The monoisotopic (exact) mass is 305 g/mol. The fourth-order valence-corrected chi connectivity index (χ4v) is 3.24. The first-order chi connectivity index (χ1) is 10.3. The molecule has 3 rings (SSSR count). The summed E-state index contributed by atoms with van der Waals surface area (Å²) in [5.74, 6) is -1.71. The number of amides is 3. The number of carbonyl (C=O) groups excluding carboxylic acids is 3. The van der Waals surface area contributed by atoms with Crippen molar-refractivity contribution in [2.24, 2.45) is 4.99 Å². The van der Waals surface area contributed by atoms with Crippen LogP contribution in [0, 0.1) is 0 Å². The van der Waals surface area contributed by atoms with E-state index in [0.717, 1.165) is 0 Å². The highest BCUT2D eigenvalue weighted by atomic mass is 19.1. The first-order valence-electron chi connectivity index (χ1n) is 7.14. The molecular weight excluding hydrogens is 289 g/mol. The molecule has 0 bridgehead atoms. The summed E-state index contributed by atoms with van der Waals surface area (Å²) in [7, 11) is 0. The molecule has 3 amide bonds. The number of aliphatic imine (C=N–C) groups is 1. The maximum absolute atomic E-state index is 14.2. The second kappa shape index (κ2) is 4.86. The van der Waals surface area contributed by atoms with Gasteiger partial charge >= 0.3 is 0 Å². The minimum atomic E-state index is -0.933. The highest BCUT2D eigenvalue weighted by Gasteiger charge is 2.47. The Balaban J connectivity index is 2.04. The summed E-state index contributed by atoms with van der Waals surface area (Å²) in [5, 5.41) is 2.21. The number of fused-ring (bicyclic) bond motifs is 1. The van der Waals surface area contributed by atoms with Gasteiger partial charge in [0.15, 0.2) is 0 Å². The second-order valence-electron chi connectivity index (χ2n) is 5.90. The van der Waals surface area contributed by atoms with Crippen LogP contribution in [0.5, 0.6) is 0 Å². The number of nitrogens with one attached hydrogen (secondary N) is 1. The third-order valence-electron chi connectivity index (χ3n) is 4.27. The first-order valence-corrected chi connectivity index (χ1v) is 7.14. The average Bonchev–Trinajstić information content (AvgIpc) is 2.40. The molecule has 6 nitrogen and oxygen atoms in total. The quantitative estimate of drug-likeness (QED) is 0.734. The summed E-state index contributed by atoms with van der Waals surface area (Å²) in [4.78, 5) is 41.7. The van der Waals surface area contributed by atoms with E-state index < -0.39 is 29.2 Å². The van der Waals surface area contributed by atoms with Gasteiger partial charge < -0.3 is 0 Å². The lowest BCUT2D eigenvalue weighted by atomic mass is 9.82. The molecule has 1 N–H and O–H groups in total. The van der Waals surface area contributed by atoms with Crippen LogP contribution in [-0.4, -0.2) is 40.0 Å². The van der Waals surface area contributed by atoms with Crippen LogP contribution >= 0.6 is 0 Å². The summed E-state index contributed by atoms with van der Waals surface area (Å²) in [6.07, 6.45) is 3.69. The number of piperidine rings is 1. The molecule has 2 atom stereocenters. The van der Waals surface area contributed by atoms with Crippen LogP contribution < -0.4 is 5.32 Å². The summed E-state index contributed by atoms with van der Waals surface area (Å²) < 4.78 is 14.2. The summed E-state index contributed by atoms with van der Waals surface area (Å²) in [5.41, 5.74) is -0.956. The van der Waals surface area contributed by atoms with Gasteiger partial charge in [-0.25, -0.2) is 4.39 Å². The molecular formula is C15H16FN3O3. The summed E-state index contributed by atoms with van der Waals surface area (Å²) >= 11 is 0. The second-order valence-corrected chi connectivity index (χ2v) is 5.90. The number of hydrogen-bond acceptors (Lipinski definition) is 4. The molecule has 7 heteroatoms. The standard InChI is InChI=1S/C15H16FN3O3/c1-8-18-15(2)7-3-4-9(16)12(15)14(22)19(8)10-5-6-11(20)17-13(10)21/h3-4,10H,5-7H2,1-2H3,(H,17,20,21). The van der Waals surface area contributed by atoms with Crippen LogP contribution in [0.4, 0.5) is 4.39 Å². The molecule has 0 aromatic heterocycles. The Kier molecular flexibility index (Phi) is 3.23. The summed E-state index contributed by atoms with van der Waals surface area (Å²) in [6.45, 7) is 3.33. The van der Waals surface area contributed by atoms with Gasteiger partial charge in [0.1, 0.15) is 17.7 Å². The van der Waals surface area contributed by atoms with Gasteiger partial charge in [0.25, 0.3) is 5.91 Å². The lowest BCUT2D eigenvalue weighted by Crippen LogP contribution is -2.59.